The maximum absolute atomic E-state index is 13.3. The number of carbonyl (C=O) groups excluding carboxylic acids is 3. The normalized spacial score (nSPS) is 15.4. The molecule has 3 N–H and O–H groups in total. The number of Topliss-reactive ketones (excluding diaryl/α,β-unsaturated/α-hetero) is 1. The molecule has 12 nitrogen and oxygen atoms in total. The fraction of sp³-hybridized carbons (Fsp3) is 0.586. The van der Waals surface area contributed by atoms with Crippen LogP contribution in [-0.2, 0) is 25.6 Å². The molecule has 1 fully saturated rings. The van der Waals surface area contributed by atoms with Gasteiger partial charge in [-0.1, -0.05) is 38.3 Å². The Hall–Kier alpha value is -3.80. The van der Waals surface area contributed by atoms with Crippen molar-refractivity contribution in [1.82, 2.24) is 25.7 Å². The minimum atomic E-state index is -1.21. The Bertz CT molecular complexity index is 1220. The van der Waals surface area contributed by atoms with Crippen molar-refractivity contribution in [2.45, 2.75) is 83.8 Å². The molecule has 0 radical (unpaired) electrons. The van der Waals surface area contributed by atoms with Gasteiger partial charge in [-0.2, -0.15) is 4.98 Å². The average molecular weight is 572 g/mol. The number of nitrogens with one attached hydrogen (secondary N) is 2. The number of rotatable bonds is 14. The summed E-state index contributed by atoms with van der Waals surface area (Å²) in [6.45, 7) is 5.26. The number of likely N-dealkylation sites (N-methyl/N-ethyl adjacent to an activating group) is 1. The molecule has 41 heavy (non-hydrogen) atoms. The lowest BCUT2D eigenvalue weighted by molar-refractivity contribution is -0.141. The van der Waals surface area contributed by atoms with Crippen LogP contribution in [0.1, 0.15) is 63.8 Å². The van der Waals surface area contributed by atoms with Gasteiger partial charge >= 0.3 is 5.97 Å². The van der Waals surface area contributed by atoms with Gasteiger partial charge in [-0.25, -0.2) is 0 Å². The summed E-state index contributed by atoms with van der Waals surface area (Å²) in [6, 6.07) is 3.20. The molecule has 1 unspecified atom stereocenters. The third kappa shape index (κ3) is 9.10. The Morgan fingerprint density at radius 1 is 1.15 bits per heavy atom. The molecule has 2 aromatic rings. The number of nitrogens with zero attached hydrogens (tertiary/aromatic N) is 3. The standard InChI is InChI=1S/C29H41N5O7/c1-17(2)27(28(39)31-22(15-26(37)38)23(35)16-34(4)21-9-7-6-8-10-21)32-25(36)14-20-13-19(11-12-24(20)40-5)29-30-18(3)33-41-29/h11-13,17,21-22,27H,6-10,14-16H2,1-5H3,(H,31,39)(H,32,36)(H,37,38)/t22?,27-/m0/s1. The fourth-order valence-corrected chi connectivity index (χ4v) is 5.08. The highest BCUT2D eigenvalue weighted by Crippen LogP contribution is 2.26. The first-order valence-corrected chi connectivity index (χ1v) is 14.0. The highest BCUT2D eigenvalue weighted by Gasteiger charge is 2.31. The summed E-state index contributed by atoms with van der Waals surface area (Å²) in [7, 11) is 3.34. The van der Waals surface area contributed by atoms with Crippen molar-refractivity contribution in [3.05, 3.63) is 29.6 Å². The first kappa shape index (κ1) is 31.7. The Labute approximate surface area is 240 Å². The number of amides is 2. The first-order chi connectivity index (χ1) is 19.5. The van der Waals surface area contributed by atoms with Gasteiger partial charge in [0.2, 0.25) is 11.8 Å². The summed E-state index contributed by atoms with van der Waals surface area (Å²) >= 11 is 0. The summed E-state index contributed by atoms with van der Waals surface area (Å²) in [5.74, 6) is -1.72. The SMILES string of the molecule is COc1ccc(-c2nc(C)no2)cc1CC(=O)N[C@H](C(=O)NC(CC(=O)O)C(=O)CN(C)C1CCCCC1)C(C)C. The molecule has 1 heterocycles. The zero-order valence-corrected chi connectivity index (χ0v) is 24.4. The molecule has 0 saturated heterocycles. The topological polar surface area (TPSA) is 164 Å². The lowest BCUT2D eigenvalue weighted by atomic mass is 9.94. The number of carbonyl (C=O) groups is 4. The van der Waals surface area contributed by atoms with Crippen LogP contribution in [0.15, 0.2) is 22.7 Å². The van der Waals surface area contributed by atoms with E-state index in [1.165, 1.54) is 13.5 Å². The Morgan fingerprint density at radius 2 is 1.85 bits per heavy atom. The second-order valence-electron chi connectivity index (χ2n) is 11.0. The highest BCUT2D eigenvalue weighted by molar-refractivity contribution is 5.95. The van der Waals surface area contributed by atoms with E-state index < -0.39 is 36.3 Å². The zero-order chi connectivity index (χ0) is 30.1. The van der Waals surface area contributed by atoms with Gasteiger partial charge in [0.25, 0.3) is 5.89 Å². The molecule has 0 spiro atoms. The Kier molecular flexibility index (Phi) is 11.4. The average Bonchev–Trinajstić information content (AvgIpc) is 3.37. The van der Waals surface area contributed by atoms with Crippen LogP contribution in [0.2, 0.25) is 0 Å². The number of hydrogen-bond donors (Lipinski definition) is 3. The van der Waals surface area contributed by atoms with E-state index in [1.807, 2.05) is 11.9 Å². The number of methoxy groups -OCH3 is 1. The number of aliphatic carboxylic acids is 1. The largest absolute Gasteiger partial charge is 0.496 e. The molecule has 1 saturated carbocycles. The van der Waals surface area contributed by atoms with Gasteiger partial charge in [0.1, 0.15) is 11.8 Å². The van der Waals surface area contributed by atoms with Crippen LogP contribution in [0.5, 0.6) is 5.75 Å². The zero-order valence-electron chi connectivity index (χ0n) is 24.4. The molecule has 2 atom stereocenters. The van der Waals surface area contributed by atoms with Gasteiger partial charge in [0.15, 0.2) is 11.6 Å². The van der Waals surface area contributed by atoms with E-state index in [0.717, 1.165) is 25.7 Å². The van der Waals surface area contributed by atoms with Crippen LogP contribution in [-0.4, -0.2) is 82.5 Å². The number of carboxylic acids is 1. The number of hydrogen-bond acceptors (Lipinski definition) is 9. The van der Waals surface area contributed by atoms with E-state index in [-0.39, 0.29) is 30.7 Å². The summed E-state index contributed by atoms with van der Waals surface area (Å²) in [5, 5.41) is 18.6. The van der Waals surface area contributed by atoms with Crippen LogP contribution >= 0.6 is 0 Å². The van der Waals surface area contributed by atoms with Crippen molar-refractivity contribution in [3.63, 3.8) is 0 Å². The van der Waals surface area contributed by atoms with Gasteiger partial charge in [-0.3, -0.25) is 24.1 Å². The maximum Gasteiger partial charge on any atom is 0.305 e. The molecule has 2 amide bonds. The van der Waals surface area contributed by atoms with E-state index in [4.69, 9.17) is 9.26 Å². The van der Waals surface area contributed by atoms with Gasteiger partial charge in [-0.15, -0.1) is 0 Å². The van der Waals surface area contributed by atoms with Crippen LogP contribution in [0.4, 0.5) is 0 Å². The molecule has 1 aliphatic carbocycles. The number of benzene rings is 1. The van der Waals surface area contributed by atoms with Crippen LogP contribution < -0.4 is 15.4 Å². The van der Waals surface area contributed by atoms with E-state index in [9.17, 15) is 24.3 Å². The molecular weight excluding hydrogens is 530 g/mol. The number of ketones is 1. The highest BCUT2D eigenvalue weighted by atomic mass is 16.5. The van der Waals surface area contributed by atoms with Gasteiger partial charge in [-0.05, 0) is 50.9 Å². The number of carboxylic acid groups (broad SMARTS) is 1. The van der Waals surface area contributed by atoms with Crippen LogP contribution in [0, 0.1) is 12.8 Å². The summed E-state index contributed by atoms with van der Waals surface area (Å²) in [6.07, 6.45) is 4.70. The van der Waals surface area contributed by atoms with E-state index >= 15 is 0 Å². The Balaban J connectivity index is 1.69. The van der Waals surface area contributed by atoms with E-state index in [1.54, 1.807) is 39.0 Å². The molecule has 0 aliphatic heterocycles. The summed E-state index contributed by atoms with van der Waals surface area (Å²) < 4.78 is 10.6. The van der Waals surface area contributed by atoms with Crippen molar-refractivity contribution in [2.75, 3.05) is 20.7 Å². The second kappa shape index (κ2) is 14.7. The number of aryl methyl sites for hydroxylation is 1. The minimum Gasteiger partial charge on any atom is -0.496 e. The van der Waals surface area contributed by atoms with Crippen LogP contribution in [0.25, 0.3) is 11.5 Å². The number of aromatic nitrogens is 2. The van der Waals surface area contributed by atoms with Gasteiger partial charge in [0, 0.05) is 17.2 Å². The third-order valence-corrected chi connectivity index (χ3v) is 7.36. The molecule has 0 bridgehead atoms. The molecule has 1 aromatic heterocycles. The number of ether oxygens (including phenoxy) is 1. The predicted octanol–water partition coefficient (Wildman–Crippen LogP) is 2.53. The summed E-state index contributed by atoms with van der Waals surface area (Å²) in [5.41, 5.74) is 1.16. The summed E-state index contributed by atoms with van der Waals surface area (Å²) in [4.78, 5) is 57.2. The fourth-order valence-electron chi connectivity index (χ4n) is 5.08. The lowest BCUT2D eigenvalue weighted by Crippen LogP contribution is -2.55. The van der Waals surface area contributed by atoms with Crippen molar-refractivity contribution in [3.8, 4) is 17.2 Å². The predicted molar refractivity (Wildman–Crippen MR) is 150 cm³/mol. The molecule has 3 rings (SSSR count). The van der Waals surface area contributed by atoms with Crippen molar-refractivity contribution in [2.24, 2.45) is 5.92 Å². The molecular formula is C29H41N5O7. The molecule has 1 aliphatic rings. The van der Waals surface area contributed by atoms with Crippen LogP contribution in [0.3, 0.4) is 0 Å². The van der Waals surface area contributed by atoms with E-state index in [0.29, 0.717) is 28.6 Å². The molecule has 1 aromatic carbocycles. The molecule has 224 valence electrons. The minimum absolute atomic E-state index is 0.0390. The van der Waals surface area contributed by atoms with Crippen molar-refractivity contribution < 1.29 is 33.5 Å². The third-order valence-electron chi connectivity index (χ3n) is 7.36. The van der Waals surface area contributed by atoms with Gasteiger partial charge < -0.3 is 25.0 Å². The maximum atomic E-state index is 13.3. The van der Waals surface area contributed by atoms with Crippen molar-refractivity contribution >= 4 is 23.6 Å². The van der Waals surface area contributed by atoms with Crippen molar-refractivity contribution in [1.29, 1.82) is 0 Å². The Morgan fingerprint density at radius 3 is 2.44 bits per heavy atom. The monoisotopic (exact) mass is 571 g/mol. The van der Waals surface area contributed by atoms with E-state index in [2.05, 4.69) is 20.8 Å². The lowest BCUT2D eigenvalue weighted by Gasteiger charge is -2.32. The first-order valence-electron chi connectivity index (χ1n) is 14.0. The molecule has 12 heteroatoms. The van der Waals surface area contributed by atoms with Gasteiger partial charge in [0.05, 0.1) is 32.5 Å². The second-order valence-corrected chi connectivity index (χ2v) is 11.0. The smallest absolute Gasteiger partial charge is 0.305 e. The quantitative estimate of drug-likeness (QED) is 0.307.